The van der Waals surface area contributed by atoms with Crippen LogP contribution in [0.3, 0.4) is 0 Å². The zero-order valence-corrected chi connectivity index (χ0v) is 9.59. The van der Waals surface area contributed by atoms with Gasteiger partial charge in [-0.05, 0) is 26.3 Å². The second kappa shape index (κ2) is 5.86. The van der Waals surface area contributed by atoms with Crippen molar-refractivity contribution in [1.82, 2.24) is 9.78 Å². The molecule has 0 saturated carbocycles. The van der Waals surface area contributed by atoms with Crippen LogP contribution in [0.2, 0.25) is 0 Å². The van der Waals surface area contributed by atoms with Gasteiger partial charge in [0.1, 0.15) is 0 Å². The van der Waals surface area contributed by atoms with Crippen molar-refractivity contribution in [2.75, 3.05) is 5.88 Å². The lowest BCUT2D eigenvalue weighted by molar-refractivity contribution is 0.626. The normalized spacial score (nSPS) is 11.4. The molecule has 0 amide bonds. The van der Waals surface area contributed by atoms with Crippen molar-refractivity contribution in [3.05, 3.63) is 29.6 Å². The predicted molar refractivity (Wildman–Crippen MR) is 60.8 cm³/mol. The third kappa shape index (κ3) is 3.18. The smallest absolute Gasteiger partial charge is 0.0596 e. The summed E-state index contributed by atoms with van der Waals surface area (Å²) in [5.74, 6) is 0.697. The summed E-state index contributed by atoms with van der Waals surface area (Å²) in [7, 11) is 0. The third-order valence-corrected chi connectivity index (χ3v) is 2.27. The Hall–Kier alpha value is -0.760. The van der Waals surface area contributed by atoms with Gasteiger partial charge in [-0.3, -0.25) is 4.68 Å². The van der Waals surface area contributed by atoms with Crippen LogP contribution in [-0.4, -0.2) is 15.7 Å². The fourth-order valence-corrected chi connectivity index (χ4v) is 1.55. The van der Waals surface area contributed by atoms with E-state index >= 15 is 0 Å². The molecule has 0 atom stereocenters. The Morgan fingerprint density at radius 3 is 2.93 bits per heavy atom. The summed E-state index contributed by atoms with van der Waals surface area (Å²) < 4.78 is 2.04. The molecule has 0 aliphatic rings. The van der Waals surface area contributed by atoms with Crippen LogP contribution in [0.25, 0.3) is 0 Å². The topological polar surface area (TPSA) is 17.8 Å². The van der Waals surface area contributed by atoms with Gasteiger partial charge >= 0.3 is 0 Å². The van der Waals surface area contributed by atoms with E-state index in [4.69, 9.17) is 11.6 Å². The number of aryl methyl sites for hydroxylation is 2. The molecule has 0 spiro atoms. The third-order valence-electron chi connectivity index (χ3n) is 2.05. The Labute approximate surface area is 90.6 Å². The highest BCUT2D eigenvalue weighted by Crippen LogP contribution is 2.05. The van der Waals surface area contributed by atoms with E-state index in [1.54, 1.807) is 0 Å². The van der Waals surface area contributed by atoms with Crippen LogP contribution >= 0.6 is 11.6 Å². The molecule has 1 aromatic heterocycles. The minimum atomic E-state index is 0.697. The molecular weight excluding hydrogens is 196 g/mol. The molecule has 2 nitrogen and oxygen atoms in total. The molecule has 0 N–H and O–H groups in total. The highest BCUT2D eigenvalue weighted by atomic mass is 35.5. The number of halogens is 1. The number of rotatable bonds is 5. The highest BCUT2D eigenvalue weighted by Gasteiger charge is 2.00. The molecule has 0 aromatic carbocycles. The van der Waals surface area contributed by atoms with Crippen molar-refractivity contribution in [3.63, 3.8) is 0 Å². The second-order valence-electron chi connectivity index (χ2n) is 3.25. The molecule has 1 heterocycles. The molecular formula is C11H17ClN2. The summed E-state index contributed by atoms with van der Waals surface area (Å²) >= 11 is 5.58. The van der Waals surface area contributed by atoms with Gasteiger partial charge in [-0.15, -0.1) is 11.6 Å². The minimum absolute atomic E-state index is 0.697. The van der Waals surface area contributed by atoms with Crippen molar-refractivity contribution < 1.29 is 0 Å². The summed E-state index contributed by atoms with van der Waals surface area (Å²) in [5.41, 5.74) is 2.36. The van der Waals surface area contributed by atoms with Crippen LogP contribution in [-0.2, 0) is 13.0 Å². The van der Waals surface area contributed by atoms with Gasteiger partial charge in [-0.1, -0.05) is 12.2 Å². The molecule has 1 rings (SSSR count). The quantitative estimate of drug-likeness (QED) is 0.542. The maximum Gasteiger partial charge on any atom is 0.0596 e. The van der Waals surface area contributed by atoms with E-state index in [1.165, 1.54) is 5.69 Å². The Bertz CT molecular complexity index is 302. The Morgan fingerprint density at radius 2 is 2.29 bits per heavy atom. The number of alkyl halides is 1. The van der Waals surface area contributed by atoms with Crippen LogP contribution in [0.1, 0.15) is 24.7 Å². The van der Waals surface area contributed by atoms with E-state index in [0.717, 1.165) is 25.1 Å². The lowest BCUT2D eigenvalue weighted by Gasteiger charge is -2.00. The van der Waals surface area contributed by atoms with Crippen LogP contribution in [0, 0.1) is 6.92 Å². The highest BCUT2D eigenvalue weighted by molar-refractivity contribution is 6.17. The monoisotopic (exact) mass is 212 g/mol. The summed E-state index contributed by atoms with van der Waals surface area (Å²) in [6.45, 7) is 5.07. The van der Waals surface area contributed by atoms with Crippen LogP contribution < -0.4 is 0 Å². The minimum Gasteiger partial charge on any atom is -0.269 e. The first kappa shape index (κ1) is 11.3. The van der Waals surface area contributed by atoms with Crippen molar-refractivity contribution in [3.8, 4) is 0 Å². The van der Waals surface area contributed by atoms with Gasteiger partial charge < -0.3 is 0 Å². The predicted octanol–water partition coefficient (Wildman–Crippen LogP) is 2.94. The fraction of sp³-hybridized carbons (Fsp3) is 0.545. The number of aromatic nitrogens is 2. The first-order valence-corrected chi connectivity index (χ1v) is 5.55. The van der Waals surface area contributed by atoms with E-state index in [0.29, 0.717) is 5.88 Å². The molecule has 0 unspecified atom stereocenters. The van der Waals surface area contributed by atoms with Gasteiger partial charge in [0.05, 0.1) is 5.69 Å². The molecule has 0 saturated heterocycles. The SMILES string of the molecule is CCn1nc(C)cc1CC=CCCCl. The van der Waals surface area contributed by atoms with Gasteiger partial charge in [-0.2, -0.15) is 5.10 Å². The molecule has 78 valence electrons. The van der Waals surface area contributed by atoms with E-state index in [2.05, 4.69) is 30.2 Å². The van der Waals surface area contributed by atoms with Gasteiger partial charge in [0, 0.05) is 24.5 Å². The lowest BCUT2D eigenvalue weighted by atomic mass is 10.2. The lowest BCUT2D eigenvalue weighted by Crippen LogP contribution is -2.01. The average molecular weight is 213 g/mol. The van der Waals surface area contributed by atoms with E-state index < -0.39 is 0 Å². The summed E-state index contributed by atoms with van der Waals surface area (Å²) in [6, 6.07) is 2.13. The first-order valence-electron chi connectivity index (χ1n) is 5.02. The Morgan fingerprint density at radius 1 is 1.50 bits per heavy atom. The van der Waals surface area contributed by atoms with E-state index in [9.17, 15) is 0 Å². The molecule has 0 aliphatic heterocycles. The number of hydrogen-bond acceptors (Lipinski definition) is 1. The van der Waals surface area contributed by atoms with Gasteiger partial charge in [-0.25, -0.2) is 0 Å². The van der Waals surface area contributed by atoms with Crippen molar-refractivity contribution in [2.45, 2.75) is 33.2 Å². The summed E-state index contributed by atoms with van der Waals surface area (Å²) in [4.78, 5) is 0. The first-order chi connectivity index (χ1) is 6.77. The number of hydrogen-bond donors (Lipinski definition) is 0. The van der Waals surface area contributed by atoms with Crippen LogP contribution in [0.15, 0.2) is 18.2 Å². The average Bonchev–Trinajstić information content (AvgIpc) is 2.54. The zero-order chi connectivity index (χ0) is 10.4. The fourth-order valence-electron chi connectivity index (χ4n) is 1.42. The maximum absolute atomic E-state index is 5.58. The van der Waals surface area contributed by atoms with Gasteiger partial charge in [0.15, 0.2) is 0 Å². The maximum atomic E-state index is 5.58. The van der Waals surface area contributed by atoms with Crippen LogP contribution in [0.4, 0.5) is 0 Å². The molecule has 0 radical (unpaired) electrons. The molecule has 0 fully saturated rings. The van der Waals surface area contributed by atoms with Crippen molar-refractivity contribution >= 4 is 11.6 Å². The molecule has 14 heavy (non-hydrogen) atoms. The van der Waals surface area contributed by atoms with Gasteiger partial charge in [0.25, 0.3) is 0 Å². The second-order valence-corrected chi connectivity index (χ2v) is 3.62. The molecule has 1 aromatic rings. The van der Waals surface area contributed by atoms with Crippen molar-refractivity contribution in [1.29, 1.82) is 0 Å². The number of allylic oxidation sites excluding steroid dienone is 2. The van der Waals surface area contributed by atoms with Crippen molar-refractivity contribution in [2.24, 2.45) is 0 Å². The molecule has 3 heteroatoms. The Balaban J connectivity index is 2.57. The standard InChI is InChI=1S/C11H17ClN2/c1-3-14-11(9-10(2)13-14)7-5-4-6-8-12/h4-5,9H,3,6-8H2,1-2H3. The Kier molecular flexibility index (Phi) is 4.74. The van der Waals surface area contributed by atoms with E-state index in [-0.39, 0.29) is 0 Å². The number of nitrogens with zero attached hydrogens (tertiary/aromatic N) is 2. The molecule has 0 bridgehead atoms. The zero-order valence-electron chi connectivity index (χ0n) is 8.83. The summed E-state index contributed by atoms with van der Waals surface area (Å²) in [5, 5.41) is 4.38. The van der Waals surface area contributed by atoms with E-state index in [1.807, 2.05) is 11.6 Å². The summed E-state index contributed by atoms with van der Waals surface area (Å²) in [6.07, 6.45) is 6.17. The largest absolute Gasteiger partial charge is 0.269 e. The molecule has 0 aliphatic carbocycles. The van der Waals surface area contributed by atoms with Gasteiger partial charge in [0.2, 0.25) is 0 Å². The van der Waals surface area contributed by atoms with Crippen LogP contribution in [0.5, 0.6) is 0 Å².